The Kier molecular flexibility index (Phi) is 3.77. The smallest absolute Gasteiger partial charge is 0.0340 e. The molecule has 0 bridgehead atoms. The van der Waals surface area contributed by atoms with Crippen LogP contribution >= 0.6 is 0 Å². The lowest BCUT2D eigenvalue weighted by Crippen LogP contribution is -2.33. The van der Waals surface area contributed by atoms with Crippen molar-refractivity contribution in [2.45, 2.75) is 19.9 Å². The molecule has 13 heavy (non-hydrogen) atoms. The summed E-state index contributed by atoms with van der Waals surface area (Å²) < 4.78 is 0. The number of hydrogen-bond donors (Lipinski definition) is 2. The van der Waals surface area contributed by atoms with Crippen molar-refractivity contribution < 1.29 is 0 Å². The fourth-order valence-electron chi connectivity index (χ4n) is 1.03. The SMILES string of the molecule is CC(C)[C@@H](N)CNc1ccccc1. The first kappa shape index (κ1) is 10.1. The van der Waals surface area contributed by atoms with Gasteiger partial charge in [-0.15, -0.1) is 0 Å². The van der Waals surface area contributed by atoms with Gasteiger partial charge in [0.2, 0.25) is 0 Å². The predicted molar refractivity (Wildman–Crippen MR) is 57.7 cm³/mol. The summed E-state index contributed by atoms with van der Waals surface area (Å²) in [6.07, 6.45) is 0. The Morgan fingerprint density at radius 1 is 1.23 bits per heavy atom. The van der Waals surface area contributed by atoms with Gasteiger partial charge in [0.25, 0.3) is 0 Å². The first-order valence-corrected chi connectivity index (χ1v) is 4.74. The highest BCUT2D eigenvalue weighted by molar-refractivity contribution is 5.42. The van der Waals surface area contributed by atoms with E-state index in [1.54, 1.807) is 0 Å². The molecule has 0 aromatic heterocycles. The Morgan fingerprint density at radius 2 is 1.85 bits per heavy atom. The minimum atomic E-state index is 0.222. The van der Waals surface area contributed by atoms with Crippen LogP contribution in [-0.2, 0) is 0 Å². The number of anilines is 1. The Morgan fingerprint density at radius 3 is 2.38 bits per heavy atom. The van der Waals surface area contributed by atoms with Gasteiger partial charge in [0.15, 0.2) is 0 Å². The summed E-state index contributed by atoms with van der Waals surface area (Å²) in [4.78, 5) is 0. The van der Waals surface area contributed by atoms with Gasteiger partial charge in [-0.3, -0.25) is 0 Å². The third-order valence-electron chi connectivity index (χ3n) is 2.17. The lowest BCUT2D eigenvalue weighted by molar-refractivity contribution is 0.511. The van der Waals surface area contributed by atoms with Crippen molar-refractivity contribution in [2.75, 3.05) is 11.9 Å². The molecule has 0 aliphatic rings. The predicted octanol–water partition coefficient (Wildman–Crippen LogP) is 2.08. The highest BCUT2D eigenvalue weighted by atomic mass is 14.9. The summed E-state index contributed by atoms with van der Waals surface area (Å²) in [5.41, 5.74) is 7.04. The molecule has 1 atom stereocenters. The van der Waals surface area contributed by atoms with E-state index in [2.05, 4.69) is 19.2 Å². The Hall–Kier alpha value is -1.02. The van der Waals surface area contributed by atoms with Gasteiger partial charge >= 0.3 is 0 Å². The topological polar surface area (TPSA) is 38.0 Å². The molecule has 0 unspecified atom stereocenters. The third kappa shape index (κ3) is 3.47. The Balaban J connectivity index is 2.35. The van der Waals surface area contributed by atoms with Crippen molar-refractivity contribution in [1.82, 2.24) is 0 Å². The van der Waals surface area contributed by atoms with Gasteiger partial charge in [0, 0.05) is 18.3 Å². The largest absolute Gasteiger partial charge is 0.383 e. The normalized spacial score (nSPS) is 12.9. The molecule has 0 fully saturated rings. The van der Waals surface area contributed by atoms with E-state index in [1.807, 2.05) is 30.3 Å². The molecule has 0 amide bonds. The molecule has 0 saturated carbocycles. The summed E-state index contributed by atoms with van der Waals surface area (Å²) in [7, 11) is 0. The first-order chi connectivity index (χ1) is 6.20. The van der Waals surface area contributed by atoms with Crippen molar-refractivity contribution >= 4 is 5.69 Å². The Labute approximate surface area is 80.1 Å². The van der Waals surface area contributed by atoms with Crippen molar-refractivity contribution in [1.29, 1.82) is 0 Å². The highest BCUT2D eigenvalue weighted by Gasteiger charge is 2.05. The van der Waals surface area contributed by atoms with Crippen LogP contribution in [0.3, 0.4) is 0 Å². The third-order valence-corrected chi connectivity index (χ3v) is 2.17. The zero-order valence-corrected chi connectivity index (χ0v) is 8.33. The number of para-hydroxylation sites is 1. The molecule has 0 aliphatic heterocycles. The molecule has 1 aromatic carbocycles. The molecule has 1 aromatic rings. The second-order valence-corrected chi connectivity index (χ2v) is 3.65. The second-order valence-electron chi connectivity index (χ2n) is 3.65. The maximum absolute atomic E-state index is 5.90. The molecule has 3 N–H and O–H groups in total. The fraction of sp³-hybridized carbons (Fsp3) is 0.455. The summed E-state index contributed by atoms with van der Waals surface area (Å²) in [6, 6.07) is 10.4. The molecule has 0 heterocycles. The monoisotopic (exact) mass is 178 g/mol. The molecular formula is C11H18N2. The first-order valence-electron chi connectivity index (χ1n) is 4.74. The van der Waals surface area contributed by atoms with E-state index in [4.69, 9.17) is 5.73 Å². The van der Waals surface area contributed by atoms with Crippen LogP contribution in [0.4, 0.5) is 5.69 Å². The fourth-order valence-corrected chi connectivity index (χ4v) is 1.03. The molecule has 0 radical (unpaired) electrons. The van der Waals surface area contributed by atoms with Crippen molar-refractivity contribution in [3.05, 3.63) is 30.3 Å². The molecular weight excluding hydrogens is 160 g/mol. The van der Waals surface area contributed by atoms with Crippen LogP contribution in [-0.4, -0.2) is 12.6 Å². The lowest BCUT2D eigenvalue weighted by atomic mass is 10.1. The van der Waals surface area contributed by atoms with Gasteiger partial charge < -0.3 is 11.1 Å². The van der Waals surface area contributed by atoms with Crippen LogP contribution in [0.1, 0.15) is 13.8 Å². The van der Waals surface area contributed by atoms with E-state index in [9.17, 15) is 0 Å². The molecule has 0 aliphatic carbocycles. The van der Waals surface area contributed by atoms with Crippen molar-refractivity contribution in [2.24, 2.45) is 11.7 Å². The summed E-state index contributed by atoms with van der Waals surface area (Å²) in [5.74, 6) is 0.524. The van der Waals surface area contributed by atoms with E-state index in [0.717, 1.165) is 12.2 Å². The average molecular weight is 178 g/mol. The van der Waals surface area contributed by atoms with E-state index in [-0.39, 0.29) is 6.04 Å². The molecule has 0 spiro atoms. The van der Waals surface area contributed by atoms with E-state index in [1.165, 1.54) is 0 Å². The van der Waals surface area contributed by atoms with E-state index >= 15 is 0 Å². The van der Waals surface area contributed by atoms with Crippen LogP contribution in [0.5, 0.6) is 0 Å². The van der Waals surface area contributed by atoms with Crippen LogP contribution < -0.4 is 11.1 Å². The highest BCUT2D eigenvalue weighted by Crippen LogP contribution is 2.06. The number of benzene rings is 1. The maximum atomic E-state index is 5.90. The number of nitrogens with two attached hydrogens (primary N) is 1. The Bertz CT molecular complexity index is 231. The van der Waals surface area contributed by atoms with Crippen LogP contribution in [0.2, 0.25) is 0 Å². The van der Waals surface area contributed by atoms with Crippen LogP contribution in [0.15, 0.2) is 30.3 Å². The quantitative estimate of drug-likeness (QED) is 0.740. The van der Waals surface area contributed by atoms with Crippen molar-refractivity contribution in [3.63, 3.8) is 0 Å². The summed E-state index contributed by atoms with van der Waals surface area (Å²) in [6.45, 7) is 5.11. The van der Waals surface area contributed by atoms with Gasteiger partial charge in [0.05, 0.1) is 0 Å². The molecule has 2 nitrogen and oxygen atoms in total. The van der Waals surface area contributed by atoms with E-state index in [0.29, 0.717) is 5.92 Å². The standard InChI is InChI=1S/C11H18N2/c1-9(2)11(12)8-13-10-6-4-3-5-7-10/h3-7,9,11,13H,8,12H2,1-2H3/t11-/m0/s1. The van der Waals surface area contributed by atoms with Gasteiger partial charge in [-0.05, 0) is 18.1 Å². The van der Waals surface area contributed by atoms with Crippen molar-refractivity contribution in [3.8, 4) is 0 Å². The maximum Gasteiger partial charge on any atom is 0.0340 e. The number of hydrogen-bond acceptors (Lipinski definition) is 2. The summed E-state index contributed by atoms with van der Waals surface area (Å²) >= 11 is 0. The zero-order chi connectivity index (χ0) is 9.68. The van der Waals surface area contributed by atoms with Gasteiger partial charge in [-0.2, -0.15) is 0 Å². The summed E-state index contributed by atoms with van der Waals surface area (Å²) in [5, 5.41) is 3.30. The average Bonchev–Trinajstić information content (AvgIpc) is 2.15. The van der Waals surface area contributed by atoms with Crippen LogP contribution in [0, 0.1) is 5.92 Å². The second kappa shape index (κ2) is 4.87. The minimum Gasteiger partial charge on any atom is -0.383 e. The molecule has 1 rings (SSSR count). The number of nitrogens with one attached hydrogen (secondary N) is 1. The lowest BCUT2D eigenvalue weighted by Gasteiger charge is -2.16. The number of rotatable bonds is 4. The van der Waals surface area contributed by atoms with E-state index < -0.39 is 0 Å². The molecule has 0 saturated heterocycles. The van der Waals surface area contributed by atoms with Gasteiger partial charge in [-0.25, -0.2) is 0 Å². The van der Waals surface area contributed by atoms with Gasteiger partial charge in [-0.1, -0.05) is 32.0 Å². The molecule has 72 valence electrons. The zero-order valence-electron chi connectivity index (χ0n) is 8.33. The van der Waals surface area contributed by atoms with Crippen LogP contribution in [0.25, 0.3) is 0 Å². The minimum absolute atomic E-state index is 0.222. The molecule has 2 heteroatoms. The van der Waals surface area contributed by atoms with Gasteiger partial charge in [0.1, 0.15) is 0 Å².